The maximum Gasteiger partial charge on any atom is 0.269 e. The van der Waals surface area contributed by atoms with Crippen LogP contribution in [-0.2, 0) is 9.59 Å². The number of non-ortho nitro benzene ring substituents is 1. The quantitative estimate of drug-likeness (QED) is 0.391. The molecule has 0 aliphatic carbocycles. The average molecular weight is 431 g/mol. The molecular formula is C21H23ClN4O4. The smallest absolute Gasteiger partial charge is 0.269 e. The average Bonchev–Trinajstić information content (AvgIpc) is 3.12. The molecule has 0 saturated carbocycles. The van der Waals surface area contributed by atoms with Crippen LogP contribution < -0.4 is 10.2 Å². The second-order valence-corrected chi connectivity index (χ2v) is 7.49. The van der Waals surface area contributed by atoms with Crippen LogP contribution in [0.25, 0.3) is 0 Å². The molecule has 158 valence electrons. The number of amides is 2. The summed E-state index contributed by atoms with van der Waals surface area (Å²) in [5.74, 6) is -0.220. The zero-order chi connectivity index (χ0) is 21.7. The van der Waals surface area contributed by atoms with Gasteiger partial charge in [-0.05, 0) is 37.1 Å². The van der Waals surface area contributed by atoms with Gasteiger partial charge in [0.15, 0.2) is 0 Å². The van der Waals surface area contributed by atoms with Crippen molar-refractivity contribution in [3.05, 3.63) is 63.7 Å². The Bertz CT molecular complexity index is 935. The van der Waals surface area contributed by atoms with Crippen molar-refractivity contribution in [2.75, 3.05) is 30.4 Å². The van der Waals surface area contributed by atoms with Crippen molar-refractivity contribution in [1.29, 1.82) is 0 Å². The van der Waals surface area contributed by atoms with Crippen LogP contribution in [-0.4, -0.2) is 47.8 Å². The zero-order valence-corrected chi connectivity index (χ0v) is 17.3. The summed E-state index contributed by atoms with van der Waals surface area (Å²) in [5.41, 5.74) is 1.45. The molecule has 1 aliphatic heterocycles. The Kier molecular flexibility index (Phi) is 6.89. The zero-order valence-electron chi connectivity index (χ0n) is 16.6. The van der Waals surface area contributed by atoms with Gasteiger partial charge in [0.05, 0.1) is 15.6 Å². The van der Waals surface area contributed by atoms with E-state index in [1.807, 2.05) is 12.1 Å². The normalized spacial score (nSPS) is 15.9. The number of nitro groups is 1. The highest BCUT2D eigenvalue weighted by Gasteiger charge is 2.37. The van der Waals surface area contributed by atoms with Gasteiger partial charge in [-0.15, -0.1) is 0 Å². The minimum Gasteiger partial charge on any atom is -0.385 e. The number of halogens is 1. The van der Waals surface area contributed by atoms with Crippen LogP contribution in [0.2, 0.25) is 5.02 Å². The van der Waals surface area contributed by atoms with E-state index in [0.29, 0.717) is 43.1 Å². The van der Waals surface area contributed by atoms with E-state index in [2.05, 4.69) is 5.32 Å². The number of carbonyl (C=O) groups is 2. The van der Waals surface area contributed by atoms with E-state index in [1.165, 1.54) is 17.0 Å². The van der Waals surface area contributed by atoms with Gasteiger partial charge in [0, 0.05) is 44.4 Å². The number of carbonyl (C=O) groups excluding carboxylic acids is 2. The molecule has 9 heteroatoms. The summed E-state index contributed by atoms with van der Waals surface area (Å²) in [5, 5.41) is 14.3. The van der Waals surface area contributed by atoms with Gasteiger partial charge in [-0.3, -0.25) is 19.7 Å². The Hall–Kier alpha value is -3.13. The molecule has 2 amide bonds. The van der Waals surface area contributed by atoms with Gasteiger partial charge < -0.3 is 15.1 Å². The van der Waals surface area contributed by atoms with Crippen molar-refractivity contribution < 1.29 is 14.5 Å². The fourth-order valence-corrected chi connectivity index (χ4v) is 3.70. The van der Waals surface area contributed by atoms with Crippen molar-refractivity contribution in [2.24, 2.45) is 0 Å². The minimum absolute atomic E-state index is 0.0319. The monoisotopic (exact) mass is 430 g/mol. The molecule has 0 bridgehead atoms. The second kappa shape index (κ2) is 9.58. The second-order valence-electron chi connectivity index (χ2n) is 7.08. The van der Waals surface area contributed by atoms with Gasteiger partial charge in [0.2, 0.25) is 11.8 Å². The SMILES string of the molecule is CN(C(=O)CCCNc1ccc([N+](=O)[O-])cc1)C1CCN(c2ccccc2Cl)C1=O. The maximum atomic E-state index is 12.8. The van der Waals surface area contributed by atoms with Crippen LogP contribution in [0.5, 0.6) is 0 Å². The summed E-state index contributed by atoms with van der Waals surface area (Å²) in [7, 11) is 1.66. The highest BCUT2D eigenvalue weighted by Crippen LogP contribution is 2.30. The van der Waals surface area contributed by atoms with Crippen LogP contribution >= 0.6 is 11.6 Å². The number of nitrogens with one attached hydrogen (secondary N) is 1. The molecule has 2 aromatic carbocycles. The molecule has 30 heavy (non-hydrogen) atoms. The summed E-state index contributed by atoms with van der Waals surface area (Å²) in [6.07, 6.45) is 1.44. The van der Waals surface area contributed by atoms with Crippen molar-refractivity contribution in [2.45, 2.75) is 25.3 Å². The molecule has 1 fully saturated rings. The lowest BCUT2D eigenvalue weighted by Gasteiger charge is -2.24. The molecule has 3 rings (SSSR count). The van der Waals surface area contributed by atoms with E-state index < -0.39 is 11.0 Å². The first-order chi connectivity index (χ1) is 14.4. The number of rotatable bonds is 8. The largest absolute Gasteiger partial charge is 0.385 e. The summed E-state index contributed by atoms with van der Waals surface area (Å²) < 4.78 is 0. The fraction of sp³-hybridized carbons (Fsp3) is 0.333. The highest BCUT2D eigenvalue weighted by atomic mass is 35.5. The standard InChI is InChI=1S/C21H23ClN4O4/c1-24(19-12-14-25(21(19)28)18-6-3-2-5-17(18)22)20(27)7-4-13-23-15-8-10-16(11-9-15)26(29)30/h2-3,5-6,8-11,19,23H,4,7,12-14H2,1H3. The Labute approximate surface area is 179 Å². The summed E-state index contributed by atoms with van der Waals surface area (Å²) in [6, 6.07) is 12.8. The molecule has 0 spiro atoms. The van der Waals surface area contributed by atoms with Gasteiger partial charge in [0.25, 0.3) is 5.69 Å². The van der Waals surface area contributed by atoms with E-state index in [-0.39, 0.29) is 17.5 Å². The number of nitro benzene ring substituents is 1. The lowest BCUT2D eigenvalue weighted by Crippen LogP contribution is -2.43. The van der Waals surface area contributed by atoms with E-state index in [4.69, 9.17) is 11.6 Å². The van der Waals surface area contributed by atoms with E-state index >= 15 is 0 Å². The molecule has 1 N–H and O–H groups in total. The van der Waals surface area contributed by atoms with Crippen LogP contribution in [0.1, 0.15) is 19.3 Å². The first kappa shape index (κ1) is 21.6. The molecule has 1 atom stereocenters. The Balaban J connectivity index is 1.47. The van der Waals surface area contributed by atoms with E-state index in [0.717, 1.165) is 5.69 Å². The maximum absolute atomic E-state index is 12.8. The van der Waals surface area contributed by atoms with Crippen LogP contribution in [0.15, 0.2) is 48.5 Å². The number of likely N-dealkylation sites (N-methyl/N-ethyl adjacent to an activating group) is 1. The third kappa shape index (κ3) is 4.88. The molecule has 2 aromatic rings. The Morgan fingerprint density at radius 2 is 1.97 bits per heavy atom. The predicted octanol–water partition coefficient (Wildman–Crippen LogP) is 3.70. The first-order valence-corrected chi connectivity index (χ1v) is 10.1. The lowest BCUT2D eigenvalue weighted by molar-refractivity contribution is -0.384. The number of hydrogen-bond acceptors (Lipinski definition) is 5. The fourth-order valence-electron chi connectivity index (χ4n) is 3.46. The molecule has 0 aromatic heterocycles. The van der Waals surface area contributed by atoms with E-state index in [1.54, 1.807) is 36.2 Å². The molecule has 8 nitrogen and oxygen atoms in total. The molecule has 1 heterocycles. The minimum atomic E-state index is -0.489. The van der Waals surface area contributed by atoms with Gasteiger partial charge in [-0.1, -0.05) is 23.7 Å². The molecule has 1 unspecified atom stereocenters. The molecular weight excluding hydrogens is 408 g/mol. The van der Waals surface area contributed by atoms with Gasteiger partial charge in [0.1, 0.15) is 6.04 Å². The predicted molar refractivity (Wildman–Crippen MR) is 116 cm³/mol. The van der Waals surface area contributed by atoms with Gasteiger partial charge in [-0.25, -0.2) is 0 Å². The van der Waals surface area contributed by atoms with E-state index in [9.17, 15) is 19.7 Å². The highest BCUT2D eigenvalue weighted by molar-refractivity contribution is 6.34. The van der Waals surface area contributed by atoms with Crippen LogP contribution in [0, 0.1) is 10.1 Å². The summed E-state index contributed by atoms with van der Waals surface area (Å²) in [4.78, 5) is 38.7. The summed E-state index contributed by atoms with van der Waals surface area (Å²) in [6.45, 7) is 1.06. The summed E-state index contributed by atoms with van der Waals surface area (Å²) >= 11 is 6.20. The number of benzene rings is 2. The van der Waals surface area contributed by atoms with Gasteiger partial charge >= 0.3 is 0 Å². The lowest BCUT2D eigenvalue weighted by atomic mass is 10.2. The Morgan fingerprint density at radius 1 is 1.27 bits per heavy atom. The Morgan fingerprint density at radius 3 is 2.63 bits per heavy atom. The van der Waals surface area contributed by atoms with Gasteiger partial charge in [-0.2, -0.15) is 0 Å². The van der Waals surface area contributed by atoms with Crippen molar-refractivity contribution >= 4 is 40.5 Å². The number of hydrogen-bond donors (Lipinski definition) is 1. The topological polar surface area (TPSA) is 95.8 Å². The molecule has 1 saturated heterocycles. The molecule has 0 radical (unpaired) electrons. The third-order valence-corrected chi connectivity index (χ3v) is 5.48. The number of para-hydroxylation sites is 1. The first-order valence-electron chi connectivity index (χ1n) is 9.68. The van der Waals surface area contributed by atoms with Crippen LogP contribution in [0.3, 0.4) is 0 Å². The van der Waals surface area contributed by atoms with Crippen LogP contribution in [0.4, 0.5) is 17.1 Å². The van der Waals surface area contributed by atoms with Crippen molar-refractivity contribution in [3.8, 4) is 0 Å². The third-order valence-electron chi connectivity index (χ3n) is 5.16. The van der Waals surface area contributed by atoms with Crippen molar-refractivity contribution in [3.63, 3.8) is 0 Å². The number of nitrogens with zero attached hydrogens (tertiary/aromatic N) is 3. The molecule has 1 aliphatic rings. The van der Waals surface area contributed by atoms with Crippen molar-refractivity contribution in [1.82, 2.24) is 4.90 Å². The number of anilines is 2.